The number of amides is 1. The summed E-state index contributed by atoms with van der Waals surface area (Å²) < 4.78 is 10.8. The molecule has 138 valence electrons. The fourth-order valence-electron chi connectivity index (χ4n) is 3.75. The van der Waals surface area contributed by atoms with Gasteiger partial charge in [0.2, 0.25) is 0 Å². The smallest absolute Gasteiger partial charge is 0.415 e. The van der Waals surface area contributed by atoms with E-state index in [9.17, 15) is 4.79 Å². The fourth-order valence-corrected chi connectivity index (χ4v) is 3.75. The molecule has 2 saturated heterocycles. The van der Waals surface area contributed by atoms with Crippen molar-refractivity contribution in [2.45, 2.75) is 6.04 Å². The maximum Gasteiger partial charge on any atom is 0.415 e. The van der Waals surface area contributed by atoms with Crippen molar-refractivity contribution in [3.8, 4) is 0 Å². The van der Waals surface area contributed by atoms with E-state index in [4.69, 9.17) is 9.47 Å². The molecule has 2 fully saturated rings. The largest absolute Gasteiger partial charge is 0.447 e. The van der Waals surface area contributed by atoms with Crippen molar-refractivity contribution >= 4 is 28.5 Å². The lowest BCUT2D eigenvalue weighted by atomic mass is 10.1. The highest BCUT2D eigenvalue weighted by Gasteiger charge is 2.35. The number of benzene rings is 2. The number of imidazole rings is 1. The topological polar surface area (TPSA) is 70.7 Å². The summed E-state index contributed by atoms with van der Waals surface area (Å²) in [6, 6.07) is 14.0. The maximum absolute atomic E-state index is 12.4. The molecule has 1 N–H and O–H groups in total. The van der Waals surface area contributed by atoms with E-state index in [2.05, 4.69) is 39.1 Å². The number of nitrogens with zero attached hydrogens (tertiary/aromatic N) is 3. The van der Waals surface area contributed by atoms with Gasteiger partial charge in [0.15, 0.2) is 0 Å². The second-order valence-electron chi connectivity index (χ2n) is 6.76. The van der Waals surface area contributed by atoms with Gasteiger partial charge in [0.1, 0.15) is 6.61 Å². The van der Waals surface area contributed by atoms with E-state index in [1.165, 1.54) is 5.69 Å². The van der Waals surface area contributed by atoms with Gasteiger partial charge >= 0.3 is 6.09 Å². The van der Waals surface area contributed by atoms with Crippen LogP contribution in [0.1, 0.15) is 11.6 Å². The molecule has 3 aromatic rings. The van der Waals surface area contributed by atoms with Crippen molar-refractivity contribution in [2.75, 3.05) is 42.7 Å². The molecular weight excluding hydrogens is 344 g/mol. The first kappa shape index (κ1) is 16.1. The Hall–Kier alpha value is -3.06. The molecule has 7 nitrogen and oxygen atoms in total. The molecule has 7 heteroatoms. The number of cyclic esters (lactones) is 1. The van der Waals surface area contributed by atoms with Crippen LogP contribution in [0.2, 0.25) is 0 Å². The Balaban J connectivity index is 1.43. The second-order valence-corrected chi connectivity index (χ2v) is 6.76. The van der Waals surface area contributed by atoms with Gasteiger partial charge in [-0.2, -0.15) is 0 Å². The molecule has 0 saturated carbocycles. The van der Waals surface area contributed by atoms with Gasteiger partial charge in [-0.3, -0.25) is 4.90 Å². The van der Waals surface area contributed by atoms with Gasteiger partial charge in [0.05, 0.1) is 42.3 Å². The molecule has 1 aromatic heterocycles. The molecule has 0 aliphatic carbocycles. The Labute approximate surface area is 156 Å². The predicted molar refractivity (Wildman–Crippen MR) is 102 cm³/mol. The highest BCUT2D eigenvalue weighted by atomic mass is 16.6. The zero-order valence-corrected chi connectivity index (χ0v) is 14.8. The minimum atomic E-state index is -0.327. The standard InChI is InChI=1S/C20H20N4O3/c25-20-24(16-5-6-17-18(11-16)22-13-21-17)19(12-27-20)14-1-3-15(4-2-14)23-7-9-26-10-8-23/h1-6,11,13,19H,7-10,12H2,(H,21,22). The number of fused-ring (bicyclic) bond motifs is 1. The van der Waals surface area contributed by atoms with Gasteiger partial charge in [0, 0.05) is 18.8 Å². The second kappa shape index (κ2) is 6.59. The van der Waals surface area contributed by atoms with Crippen LogP contribution >= 0.6 is 0 Å². The lowest BCUT2D eigenvalue weighted by Gasteiger charge is -2.29. The molecule has 0 spiro atoms. The lowest BCUT2D eigenvalue weighted by molar-refractivity contribution is 0.122. The zero-order valence-electron chi connectivity index (χ0n) is 14.8. The third-order valence-corrected chi connectivity index (χ3v) is 5.21. The normalized spacial score (nSPS) is 20.3. The van der Waals surface area contributed by atoms with Crippen molar-refractivity contribution in [3.63, 3.8) is 0 Å². The first-order chi connectivity index (χ1) is 13.3. The van der Waals surface area contributed by atoms with Gasteiger partial charge in [-0.05, 0) is 35.9 Å². The average Bonchev–Trinajstić information content (AvgIpc) is 3.34. The predicted octanol–water partition coefficient (Wildman–Crippen LogP) is 3.10. The van der Waals surface area contributed by atoms with Gasteiger partial charge in [-0.25, -0.2) is 9.78 Å². The number of aromatic amines is 1. The summed E-state index contributed by atoms with van der Waals surface area (Å²) in [6.07, 6.45) is 1.32. The summed E-state index contributed by atoms with van der Waals surface area (Å²) in [5, 5.41) is 0. The van der Waals surface area contributed by atoms with Gasteiger partial charge in [-0.1, -0.05) is 12.1 Å². The van der Waals surface area contributed by atoms with E-state index in [0.717, 1.165) is 48.6 Å². The Morgan fingerprint density at radius 1 is 1.04 bits per heavy atom. The monoisotopic (exact) mass is 364 g/mol. The number of hydrogen-bond donors (Lipinski definition) is 1. The van der Waals surface area contributed by atoms with Crippen LogP contribution in [0.4, 0.5) is 16.2 Å². The van der Waals surface area contributed by atoms with Gasteiger partial charge in [-0.15, -0.1) is 0 Å². The van der Waals surface area contributed by atoms with Crippen molar-refractivity contribution < 1.29 is 14.3 Å². The fraction of sp³-hybridized carbons (Fsp3) is 0.300. The molecule has 2 aliphatic heterocycles. The van der Waals surface area contributed by atoms with Crippen LogP contribution < -0.4 is 9.80 Å². The summed E-state index contributed by atoms with van der Waals surface area (Å²) in [4.78, 5) is 23.8. The van der Waals surface area contributed by atoms with Crippen LogP contribution in [0.15, 0.2) is 48.8 Å². The average molecular weight is 364 g/mol. The van der Waals surface area contributed by atoms with Crippen molar-refractivity contribution in [2.24, 2.45) is 0 Å². The van der Waals surface area contributed by atoms with Crippen LogP contribution in [0.25, 0.3) is 11.0 Å². The quantitative estimate of drug-likeness (QED) is 0.773. The van der Waals surface area contributed by atoms with E-state index < -0.39 is 0 Å². The van der Waals surface area contributed by atoms with E-state index in [0.29, 0.717) is 6.61 Å². The van der Waals surface area contributed by atoms with Crippen LogP contribution in [0.5, 0.6) is 0 Å². The third kappa shape index (κ3) is 2.90. The molecule has 5 rings (SSSR count). The summed E-state index contributed by atoms with van der Waals surface area (Å²) in [5.74, 6) is 0. The van der Waals surface area contributed by atoms with E-state index in [1.807, 2.05) is 18.2 Å². The summed E-state index contributed by atoms with van der Waals surface area (Å²) in [6.45, 7) is 3.67. The van der Waals surface area contributed by atoms with Crippen molar-refractivity contribution in [1.29, 1.82) is 0 Å². The van der Waals surface area contributed by atoms with E-state index in [-0.39, 0.29) is 12.1 Å². The highest BCUT2D eigenvalue weighted by molar-refractivity contribution is 5.93. The van der Waals surface area contributed by atoms with Gasteiger partial charge in [0.25, 0.3) is 0 Å². The summed E-state index contributed by atoms with van der Waals surface area (Å²) in [7, 11) is 0. The van der Waals surface area contributed by atoms with Crippen LogP contribution in [0, 0.1) is 0 Å². The van der Waals surface area contributed by atoms with Crippen LogP contribution in [-0.2, 0) is 9.47 Å². The number of carbonyl (C=O) groups is 1. The van der Waals surface area contributed by atoms with Crippen molar-refractivity contribution in [1.82, 2.24) is 9.97 Å². The van der Waals surface area contributed by atoms with E-state index in [1.54, 1.807) is 11.2 Å². The Kier molecular flexibility index (Phi) is 3.94. The zero-order chi connectivity index (χ0) is 18.2. The van der Waals surface area contributed by atoms with Crippen molar-refractivity contribution in [3.05, 3.63) is 54.4 Å². The highest BCUT2D eigenvalue weighted by Crippen LogP contribution is 2.34. The maximum atomic E-state index is 12.4. The molecule has 1 atom stereocenters. The third-order valence-electron chi connectivity index (χ3n) is 5.21. The van der Waals surface area contributed by atoms with Crippen LogP contribution in [-0.4, -0.2) is 49.0 Å². The number of anilines is 2. The SMILES string of the molecule is O=C1OCC(c2ccc(N3CCOCC3)cc2)N1c1ccc2[nH]cnc2c1. The number of nitrogens with one attached hydrogen (secondary N) is 1. The molecule has 0 bridgehead atoms. The number of rotatable bonds is 3. The Morgan fingerprint density at radius 3 is 2.63 bits per heavy atom. The molecule has 1 amide bonds. The number of aromatic nitrogens is 2. The number of carbonyl (C=O) groups excluding carboxylic acids is 1. The lowest BCUT2D eigenvalue weighted by Crippen LogP contribution is -2.36. The Bertz CT molecular complexity index is 963. The number of hydrogen-bond acceptors (Lipinski definition) is 5. The Morgan fingerprint density at radius 2 is 1.81 bits per heavy atom. The molecule has 2 aromatic carbocycles. The first-order valence-electron chi connectivity index (χ1n) is 9.11. The van der Waals surface area contributed by atoms with E-state index >= 15 is 0 Å². The van der Waals surface area contributed by atoms with Gasteiger partial charge < -0.3 is 19.4 Å². The molecule has 0 radical (unpaired) electrons. The molecule has 3 heterocycles. The van der Waals surface area contributed by atoms with Crippen LogP contribution in [0.3, 0.4) is 0 Å². The summed E-state index contributed by atoms with van der Waals surface area (Å²) in [5.41, 5.74) is 4.79. The summed E-state index contributed by atoms with van der Waals surface area (Å²) >= 11 is 0. The number of ether oxygens (including phenoxy) is 2. The number of morpholine rings is 1. The first-order valence-corrected chi connectivity index (χ1v) is 9.11. The molecule has 2 aliphatic rings. The number of H-pyrrole nitrogens is 1. The molecular formula is C20H20N4O3. The minimum Gasteiger partial charge on any atom is -0.447 e. The molecule has 27 heavy (non-hydrogen) atoms. The molecule has 1 unspecified atom stereocenters. The minimum absolute atomic E-state index is 0.146.